The van der Waals surface area contributed by atoms with Crippen LogP contribution < -0.4 is 0 Å². The number of hydrogen-bond acceptors (Lipinski definition) is 3. The van der Waals surface area contributed by atoms with Gasteiger partial charge in [-0.15, -0.1) is 0 Å². The Morgan fingerprint density at radius 2 is 2.00 bits per heavy atom. The van der Waals surface area contributed by atoms with Crippen LogP contribution in [0, 0.1) is 0 Å². The molecule has 0 bridgehead atoms. The topological polar surface area (TPSA) is 32.8 Å². The van der Waals surface area contributed by atoms with E-state index in [4.69, 9.17) is 4.74 Å². The highest BCUT2D eigenvalue weighted by atomic mass is 16.6. The molecular formula is C18H26N2O2. The van der Waals surface area contributed by atoms with Crippen LogP contribution in [0.1, 0.15) is 30.9 Å². The molecule has 1 aliphatic carbocycles. The molecule has 1 heterocycles. The first-order chi connectivity index (χ1) is 10.7. The van der Waals surface area contributed by atoms with Gasteiger partial charge in [-0.3, -0.25) is 4.90 Å². The number of carbonyl (C=O) groups is 1. The normalized spacial score (nSPS) is 22.4. The molecule has 1 aliphatic heterocycles. The third-order valence-electron chi connectivity index (χ3n) is 5.01. The van der Waals surface area contributed by atoms with Crippen molar-refractivity contribution < 1.29 is 9.53 Å². The molecule has 4 nitrogen and oxygen atoms in total. The molecule has 0 N–H and O–H groups in total. The highest BCUT2D eigenvalue weighted by Crippen LogP contribution is 2.28. The molecule has 3 rings (SSSR count). The first-order valence-electron chi connectivity index (χ1n) is 8.40. The monoisotopic (exact) mass is 302 g/mol. The maximum absolute atomic E-state index is 11.9. The highest BCUT2D eigenvalue weighted by Gasteiger charge is 2.31. The summed E-state index contributed by atoms with van der Waals surface area (Å²) in [5.74, 6) is 0. The van der Waals surface area contributed by atoms with Crippen molar-refractivity contribution in [1.29, 1.82) is 0 Å². The summed E-state index contributed by atoms with van der Waals surface area (Å²) in [5, 5.41) is 0. The number of amides is 1. The van der Waals surface area contributed by atoms with Gasteiger partial charge in [0.05, 0.1) is 0 Å². The molecule has 4 heteroatoms. The second-order valence-electron chi connectivity index (χ2n) is 6.49. The van der Waals surface area contributed by atoms with Gasteiger partial charge >= 0.3 is 6.09 Å². The molecule has 1 unspecified atom stereocenters. The Labute approximate surface area is 133 Å². The van der Waals surface area contributed by atoms with Crippen LogP contribution in [0.25, 0.3) is 0 Å². The number of fused-ring (bicyclic) bond motifs is 1. The van der Waals surface area contributed by atoms with Crippen molar-refractivity contribution in [2.75, 3.05) is 26.7 Å². The summed E-state index contributed by atoms with van der Waals surface area (Å²) in [5.41, 5.74) is 2.97. The molecule has 1 atom stereocenters. The zero-order valence-electron chi connectivity index (χ0n) is 13.6. The molecule has 0 saturated carbocycles. The fourth-order valence-corrected chi connectivity index (χ4v) is 3.55. The summed E-state index contributed by atoms with van der Waals surface area (Å²) in [6.45, 7) is 4.65. The molecular weight excluding hydrogens is 276 g/mol. The lowest BCUT2D eigenvalue weighted by Gasteiger charge is -2.36. The van der Waals surface area contributed by atoms with Crippen molar-refractivity contribution in [3.05, 3.63) is 35.4 Å². The lowest BCUT2D eigenvalue weighted by Crippen LogP contribution is -2.47. The summed E-state index contributed by atoms with van der Waals surface area (Å²) in [4.78, 5) is 16.1. The summed E-state index contributed by atoms with van der Waals surface area (Å²) in [6.07, 6.45) is 4.21. The Morgan fingerprint density at radius 1 is 1.32 bits per heavy atom. The van der Waals surface area contributed by atoms with E-state index in [0.717, 1.165) is 38.8 Å². The third-order valence-corrected chi connectivity index (χ3v) is 5.01. The number of carbonyl (C=O) groups excluding carboxylic acids is 1. The van der Waals surface area contributed by atoms with Gasteiger partial charge < -0.3 is 9.64 Å². The van der Waals surface area contributed by atoms with Crippen LogP contribution in [0.5, 0.6) is 0 Å². The Bertz CT molecular complexity index is 507. The van der Waals surface area contributed by atoms with Gasteiger partial charge in [-0.1, -0.05) is 24.3 Å². The molecule has 1 fully saturated rings. The van der Waals surface area contributed by atoms with Crippen molar-refractivity contribution in [3.8, 4) is 0 Å². The Morgan fingerprint density at radius 3 is 2.64 bits per heavy atom. The summed E-state index contributed by atoms with van der Waals surface area (Å²) in [7, 11) is 1.79. The van der Waals surface area contributed by atoms with Gasteiger partial charge in [-0.2, -0.15) is 0 Å². The molecule has 1 aromatic rings. The number of rotatable bonds is 3. The molecule has 1 saturated heterocycles. The van der Waals surface area contributed by atoms with Crippen LogP contribution >= 0.6 is 0 Å². The van der Waals surface area contributed by atoms with E-state index in [-0.39, 0.29) is 12.2 Å². The van der Waals surface area contributed by atoms with Gasteiger partial charge in [0.2, 0.25) is 0 Å². The average Bonchev–Trinajstić information content (AvgIpc) is 2.98. The summed E-state index contributed by atoms with van der Waals surface area (Å²) >= 11 is 0. The van der Waals surface area contributed by atoms with Gasteiger partial charge in [-0.05, 0) is 50.3 Å². The van der Waals surface area contributed by atoms with E-state index in [1.807, 2.05) is 6.92 Å². The Hall–Kier alpha value is -1.55. The summed E-state index contributed by atoms with van der Waals surface area (Å²) in [6, 6.07) is 9.31. The average molecular weight is 302 g/mol. The van der Waals surface area contributed by atoms with Crippen LogP contribution in [0.3, 0.4) is 0 Å². The number of benzene rings is 1. The van der Waals surface area contributed by atoms with Gasteiger partial charge in [0.15, 0.2) is 0 Å². The van der Waals surface area contributed by atoms with Gasteiger partial charge in [0, 0.05) is 26.2 Å². The minimum absolute atomic E-state index is 0.0407. The molecule has 0 aromatic heterocycles. The fourth-order valence-electron chi connectivity index (χ4n) is 3.55. The van der Waals surface area contributed by atoms with Crippen LogP contribution in [0.4, 0.5) is 4.79 Å². The SMILES string of the molecule is CCN(C)C(=O)OC1CCCN(C2Cc3ccccc3C2)C1. The smallest absolute Gasteiger partial charge is 0.409 e. The Kier molecular flexibility index (Phi) is 4.67. The predicted octanol–water partition coefficient (Wildman–Crippen LogP) is 2.71. The van der Waals surface area contributed by atoms with E-state index in [9.17, 15) is 4.79 Å². The van der Waals surface area contributed by atoms with E-state index in [1.165, 1.54) is 11.1 Å². The molecule has 1 aromatic carbocycles. The molecule has 2 aliphatic rings. The zero-order chi connectivity index (χ0) is 15.5. The third kappa shape index (κ3) is 3.27. The number of nitrogens with zero attached hydrogens (tertiary/aromatic N) is 2. The van der Waals surface area contributed by atoms with Gasteiger partial charge in [-0.25, -0.2) is 4.79 Å². The Balaban J connectivity index is 1.57. The molecule has 0 radical (unpaired) electrons. The van der Waals surface area contributed by atoms with E-state index in [1.54, 1.807) is 11.9 Å². The van der Waals surface area contributed by atoms with E-state index >= 15 is 0 Å². The second kappa shape index (κ2) is 6.69. The quantitative estimate of drug-likeness (QED) is 0.860. The van der Waals surface area contributed by atoms with Gasteiger partial charge in [0.25, 0.3) is 0 Å². The van der Waals surface area contributed by atoms with Crippen molar-refractivity contribution in [2.24, 2.45) is 0 Å². The lowest BCUT2D eigenvalue weighted by molar-refractivity contribution is 0.0144. The van der Waals surface area contributed by atoms with Gasteiger partial charge in [0.1, 0.15) is 6.10 Å². The van der Waals surface area contributed by atoms with E-state index in [0.29, 0.717) is 12.6 Å². The van der Waals surface area contributed by atoms with Crippen molar-refractivity contribution >= 4 is 6.09 Å². The molecule has 1 amide bonds. The zero-order valence-corrected chi connectivity index (χ0v) is 13.6. The lowest BCUT2D eigenvalue weighted by atomic mass is 10.0. The first kappa shape index (κ1) is 15.3. The number of likely N-dealkylation sites (tertiary alicyclic amines) is 1. The molecule has 22 heavy (non-hydrogen) atoms. The predicted molar refractivity (Wildman–Crippen MR) is 87.0 cm³/mol. The number of hydrogen-bond donors (Lipinski definition) is 0. The van der Waals surface area contributed by atoms with Crippen LogP contribution in [-0.2, 0) is 17.6 Å². The highest BCUT2D eigenvalue weighted by molar-refractivity contribution is 5.67. The maximum Gasteiger partial charge on any atom is 0.409 e. The maximum atomic E-state index is 11.9. The second-order valence-corrected chi connectivity index (χ2v) is 6.49. The first-order valence-corrected chi connectivity index (χ1v) is 8.40. The minimum atomic E-state index is -0.191. The van der Waals surface area contributed by atoms with Crippen LogP contribution in [0.2, 0.25) is 0 Å². The molecule has 120 valence electrons. The van der Waals surface area contributed by atoms with E-state index in [2.05, 4.69) is 29.2 Å². The minimum Gasteiger partial charge on any atom is -0.445 e. The van der Waals surface area contributed by atoms with Crippen LogP contribution in [-0.4, -0.2) is 54.7 Å². The van der Waals surface area contributed by atoms with Crippen molar-refractivity contribution in [3.63, 3.8) is 0 Å². The number of piperidine rings is 1. The summed E-state index contributed by atoms with van der Waals surface area (Å²) < 4.78 is 5.66. The largest absolute Gasteiger partial charge is 0.445 e. The van der Waals surface area contributed by atoms with Crippen molar-refractivity contribution in [1.82, 2.24) is 9.80 Å². The fraction of sp³-hybridized carbons (Fsp3) is 0.611. The van der Waals surface area contributed by atoms with Crippen LogP contribution in [0.15, 0.2) is 24.3 Å². The number of ether oxygens (including phenoxy) is 1. The van der Waals surface area contributed by atoms with Crippen molar-refractivity contribution in [2.45, 2.75) is 44.8 Å². The van der Waals surface area contributed by atoms with E-state index < -0.39 is 0 Å². The molecule has 0 spiro atoms. The standard InChI is InChI=1S/C18H26N2O2/c1-3-19(2)18(21)22-17-9-6-10-20(13-17)16-11-14-7-4-5-8-15(14)12-16/h4-5,7-8,16-17H,3,6,9-13H2,1-2H3.